The van der Waals surface area contributed by atoms with Gasteiger partial charge in [0.2, 0.25) is 5.91 Å². The molecular formula is C11H14N2O3. The van der Waals surface area contributed by atoms with Crippen LogP contribution in [0.25, 0.3) is 0 Å². The van der Waals surface area contributed by atoms with Crippen LogP contribution >= 0.6 is 0 Å². The lowest BCUT2D eigenvalue weighted by Gasteiger charge is -2.13. The molecule has 0 saturated carbocycles. The number of carbonyl (C=O) groups is 2. The lowest BCUT2D eigenvalue weighted by Crippen LogP contribution is -2.36. The highest BCUT2D eigenvalue weighted by molar-refractivity contribution is 5.90. The minimum Gasteiger partial charge on any atom is -0.390 e. The van der Waals surface area contributed by atoms with Gasteiger partial charge in [0.25, 0.3) is 0 Å². The summed E-state index contributed by atoms with van der Waals surface area (Å²) in [7, 11) is 0. The first-order valence-electron chi connectivity index (χ1n) is 5.32. The fourth-order valence-electron chi connectivity index (χ4n) is 2.03. The average Bonchev–Trinajstić information content (AvgIpc) is 2.96. The number of hydrogen-bond donors (Lipinski definition) is 2. The number of aliphatic hydroxyl groups excluding tert-OH is 1. The van der Waals surface area contributed by atoms with Gasteiger partial charge in [-0.25, -0.2) is 0 Å². The van der Waals surface area contributed by atoms with E-state index in [0.717, 1.165) is 19.4 Å². The molecule has 0 aromatic carbocycles. The molecule has 0 unspecified atom stereocenters. The number of nitrogens with one attached hydrogen (secondary N) is 1. The fourth-order valence-corrected chi connectivity index (χ4v) is 2.03. The molecule has 86 valence electrons. The fraction of sp³-hybridized carbons (Fsp3) is 0.455. The minimum atomic E-state index is -0.244. The van der Waals surface area contributed by atoms with Crippen LogP contribution in [0.3, 0.4) is 0 Å². The molecule has 0 aliphatic carbocycles. The minimum absolute atomic E-state index is 0.159. The van der Waals surface area contributed by atoms with Crippen LogP contribution in [0.15, 0.2) is 12.1 Å². The van der Waals surface area contributed by atoms with Crippen LogP contribution in [0.4, 0.5) is 0 Å². The van der Waals surface area contributed by atoms with E-state index >= 15 is 0 Å². The molecule has 1 fully saturated rings. The summed E-state index contributed by atoms with van der Waals surface area (Å²) in [4.78, 5) is 22.9. The van der Waals surface area contributed by atoms with Gasteiger partial charge in [0.1, 0.15) is 0 Å². The van der Waals surface area contributed by atoms with Crippen molar-refractivity contribution >= 4 is 12.2 Å². The van der Waals surface area contributed by atoms with Gasteiger partial charge in [-0.3, -0.25) is 14.2 Å². The van der Waals surface area contributed by atoms with Crippen molar-refractivity contribution < 1.29 is 14.7 Å². The SMILES string of the molecule is O=Cc1ccc(CO)n1C(=O)[C@@H]1CCCN1. The molecular weight excluding hydrogens is 208 g/mol. The van der Waals surface area contributed by atoms with Gasteiger partial charge >= 0.3 is 0 Å². The monoisotopic (exact) mass is 222 g/mol. The second-order valence-corrected chi connectivity index (χ2v) is 3.85. The zero-order chi connectivity index (χ0) is 11.5. The summed E-state index contributed by atoms with van der Waals surface area (Å²) < 4.78 is 1.30. The van der Waals surface area contributed by atoms with Crippen molar-refractivity contribution in [2.45, 2.75) is 25.5 Å². The lowest BCUT2D eigenvalue weighted by molar-refractivity contribution is 0.0850. The zero-order valence-corrected chi connectivity index (χ0v) is 8.85. The molecule has 2 heterocycles. The van der Waals surface area contributed by atoms with Crippen molar-refractivity contribution in [1.29, 1.82) is 0 Å². The number of nitrogens with zero attached hydrogens (tertiary/aromatic N) is 1. The standard InChI is InChI=1S/C11H14N2O3/c14-6-8-3-4-9(7-15)13(8)11(16)10-2-1-5-12-10/h3-4,6,10,12,15H,1-2,5,7H2/t10-/m0/s1. The number of rotatable bonds is 3. The van der Waals surface area contributed by atoms with Gasteiger partial charge in [-0.15, -0.1) is 0 Å². The number of aliphatic hydroxyl groups is 1. The Hall–Kier alpha value is -1.46. The van der Waals surface area contributed by atoms with E-state index in [1.54, 1.807) is 12.1 Å². The van der Waals surface area contributed by atoms with Crippen LogP contribution in [-0.2, 0) is 6.61 Å². The van der Waals surface area contributed by atoms with E-state index in [2.05, 4.69) is 5.32 Å². The van der Waals surface area contributed by atoms with Gasteiger partial charge in [0.05, 0.1) is 24.0 Å². The number of aromatic nitrogens is 1. The van der Waals surface area contributed by atoms with Crippen molar-refractivity contribution in [2.24, 2.45) is 0 Å². The molecule has 0 amide bonds. The van der Waals surface area contributed by atoms with Gasteiger partial charge in [0.15, 0.2) is 6.29 Å². The van der Waals surface area contributed by atoms with Crippen molar-refractivity contribution in [3.63, 3.8) is 0 Å². The molecule has 1 aliphatic heterocycles. The molecule has 2 N–H and O–H groups in total. The Kier molecular flexibility index (Phi) is 3.17. The maximum Gasteiger partial charge on any atom is 0.248 e. The quantitative estimate of drug-likeness (QED) is 0.716. The molecule has 0 radical (unpaired) electrons. The molecule has 1 saturated heterocycles. The van der Waals surface area contributed by atoms with Crippen molar-refractivity contribution in [3.8, 4) is 0 Å². The Morgan fingerprint density at radius 2 is 2.44 bits per heavy atom. The van der Waals surface area contributed by atoms with E-state index in [9.17, 15) is 9.59 Å². The van der Waals surface area contributed by atoms with Gasteiger partial charge < -0.3 is 10.4 Å². The highest BCUT2D eigenvalue weighted by Gasteiger charge is 2.26. The average molecular weight is 222 g/mol. The zero-order valence-electron chi connectivity index (χ0n) is 8.85. The van der Waals surface area contributed by atoms with E-state index in [-0.39, 0.29) is 18.6 Å². The van der Waals surface area contributed by atoms with Crippen LogP contribution in [0.5, 0.6) is 0 Å². The highest BCUT2D eigenvalue weighted by Crippen LogP contribution is 2.13. The predicted molar refractivity (Wildman–Crippen MR) is 57.4 cm³/mol. The van der Waals surface area contributed by atoms with Gasteiger partial charge in [-0.05, 0) is 31.5 Å². The first-order chi connectivity index (χ1) is 7.77. The van der Waals surface area contributed by atoms with Gasteiger partial charge in [0, 0.05) is 0 Å². The number of aldehydes is 1. The normalized spacial score (nSPS) is 19.9. The molecule has 1 atom stereocenters. The smallest absolute Gasteiger partial charge is 0.248 e. The predicted octanol–water partition coefficient (Wildman–Crippen LogP) is 0.185. The third-order valence-corrected chi connectivity index (χ3v) is 2.85. The van der Waals surface area contributed by atoms with E-state index in [0.29, 0.717) is 17.7 Å². The Morgan fingerprint density at radius 1 is 1.62 bits per heavy atom. The third-order valence-electron chi connectivity index (χ3n) is 2.85. The first-order valence-corrected chi connectivity index (χ1v) is 5.32. The summed E-state index contributed by atoms with van der Waals surface area (Å²) in [6, 6.07) is 2.90. The maximum atomic E-state index is 12.1. The van der Waals surface area contributed by atoms with Crippen LogP contribution in [0.2, 0.25) is 0 Å². The third kappa shape index (κ3) is 1.79. The molecule has 5 nitrogen and oxygen atoms in total. The highest BCUT2D eigenvalue weighted by atomic mass is 16.3. The van der Waals surface area contributed by atoms with E-state index in [1.165, 1.54) is 4.57 Å². The molecule has 16 heavy (non-hydrogen) atoms. The Labute approximate surface area is 93.1 Å². The first kappa shape index (κ1) is 11.0. The van der Waals surface area contributed by atoms with E-state index < -0.39 is 0 Å². The van der Waals surface area contributed by atoms with Crippen molar-refractivity contribution in [2.75, 3.05) is 6.54 Å². The second kappa shape index (κ2) is 4.59. The molecule has 1 aromatic heterocycles. The summed E-state index contributed by atoms with van der Waals surface area (Å²) in [6.45, 7) is 0.578. The van der Waals surface area contributed by atoms with Crippen LogP contribution < -0.4 is 5.32 Å². The Balaban J connectivity index is 2.33. The molecule has 0 bridgehead atoms. The molecule has 1 aromatic rings. The van der Waals surface area contributed by atoms with Crippen LogP contribution in [0, 0.1) is 0 Å². The largest absolute Gasteiger partial charge is 0.390 e. The molecule has 0 spiro atoms. The maximum absolute atomic E-state index is 12.1. The van der Waals surface area contributed by atoms with Gasteiger partial charge in [-0.1, -0.05) is 0 Å². The Bertz CT molecular complexity index is 405. The lowest BCUT2D eigenvalue weighted by atomic mass is 10.2. The number of hydrogen-bond acceptors (Lipinski definition) is 4. The molecule has 5 heteroatoms. The summed E-state index contributed by atoms with van der Waals surface area (Å²) in [6.07, 6.45) is 2.37. The summed E-state index contributed by atoms with van der Waals surface area (Å²) in [5.74, 6) is -0.159. The van der Waals surface area contributed by atoms with Crippen LogP contribution in [-0.4, -0.2) is 34.5 Å². The van der Waals surface area contributed by atoms with Crippen molar-refractivity contribution in [3.05, 3.63) is 23.5 Å². The Morgan fingerprint density at radius 3 is 3.00 bits per heavy atom. The molecule has 2 rings (SSSR count). The van der Waals surface area contributed by atoms with E-state index in [4.69, 9.17) is 5.11 Å². The van der Waals surface area contributed by atoms with Gasteiger partial charge in [-0.2, -0.15) is 0 Å². The number of carbonyl (C=O) groups excluding carboxylic acids is 2. The second-order valence-electron chi connectivity index (χ2n) is 3.85. The molecule has 1 aliphatic rings. The topological polar surface area (TPSA) is 71.3 Å². The summed E-state index contributed by atoms with van der Waals surface area (Å²) in [5.41, 5.74) is 0.753. The van der Waals surface area contributed by atoms with E-state index in [1.807, 2.05) is 0 Å². The summed E-state index contributed by atoms with van der Waals surface area (Å²) in [5, 5.41) is 12.2. The van der Waals surface area contributed by atoms with Crippen molar-refractivity contribution in [1.82, 2.24) is 9.88 Å². The van der Waals surface area contributed by atoms with Crippen LogP contribution in [0.1, 0.15) is 33.8 Å². The summed E-state index contributed by atoms with van der Waals surface area (Å²) >= 11 is 0.